The zero-order valence-electron chi connectivity index (χ0n) is 12.2. The summed E-state index contributed by atoms with van der Waals surface area (Å²) in [6, 6.07) is 11.0. The summed E-state index contributed by atoms with van der Waals surface area (Å²) < 4.78 is 4.95. The molecule has 0 aliphatic rings. The van der Waals surface area contributed by atoms with Crippen LogP contribution in [0.4, 0.5) is 11.8 Å². The van der Waals surface area contributed by atoms with Crippen molar-refractivity contribution < 1.29 is 9.32 Å². The summed E-state index contributed by atoms with van der Waals surface area (Å²) in [6.45, 7) is 1.75. The summed E-state index contributed by atoms with van der Waals surface area (Å²) in [5.41, 5.74) is 6.35. The molecule has 0 unspecified atom stereocenters. The summed E-state index contributed by atoms with van der Waals surface area (Å²) in [5.74, 6) is 0.930. The number of nitrogen functional groups attached to an aromatic ring is 1. The minimum atomic E-state index is -0.552. The second-order valence-corrected chi connectivity index (χ2v) is 5.80. The lowest BCUT2D eigenvalue weighted by Gasteiger charge is -2.14. The van der Waals surface area contributed by atoms with E-state index in [1.54, 1.807) is 13.0 Å². The van der Waals surface area contributed by atoms with Gasteiger partial charge in [-0.2, -0.15) is 4.98 Å². The van der Waals surface area contributed by atoms with Crippen molar-refractivity contribution in [2.45, 2.75) is 17.3 Å². The number of aryl methyl sites for hydroxylation is 1. The second kappa shape index (κ2) is 6.53. The zero-order valence-corrected chi connectivity index (χ0v) is 13.0. The first-order chi connectivity index (χ1) is 11.1. The van der Waals surface area contributed by atoms with E-state index in [0.717, 1.165) is 5.56 Å². The molecule has 1 atom stereocenters. The lowest BCUT2D eigenvalue weighted by Crippen LogP contribution is -2.19. The molecule has 118 valence electrons. The van der Waals surface area contributed by atoms with Crippen LogP contribution in [0.2, 0.25) is 0 Å². The number of rotatable bonds is 5. The van der Waals surface area contributed by atoms with Crippen molar-refractivity contribution in [2.75, 3.05) is 11.1 Å². The van der Waals surface area contributed by atoms with Crippen molar-refractivity contribution >= 4 is 29.4 Å². The number of hydrogen-bond donors (Lipinski definition) is 3. The summed E-state index contributed by atoms with van der Waals surface area (Å²) in [6.07, 6.45) is 0. The predicted molar refractivity (Wildman–Crippen MR) is 85.7 cm³/mol. The number of nitrogens with zero attached hydrogens (tertiary/aromatic N) is 3. The minimum absolute atomic E-state index is 0.201. The quantitative estimate of drug-likeness (QED) is 0.612. The molecule has 23 heavy (non-hydrogen) atoms. The highest BCUT2D eigenvalue weighted by molar-refractivity contribution is 8.00. The molecule has 2 aromatic heterocycles. The molecule has 1 amide bonds. The highest BCUT2D eigenvalue weighted by Gasteiger charge is 2.24. The third-order valence-electron chi connectivity index (χ3n) is 2.93. The summed E-state index contributed by atoms with van der Waals surface area (Å²) in [4.78, 5) is 16.7. The molecule has 0 saturated heterocycles. The molecule has 9 heteroatoms. The number of carbonyl (C=O) groups is 1. The minimum Gasteiger partial charge on any atom is -0.368 e. The number of H-pyrrole nitrogens is 1. The van der Waals surface area contributed by atoms with Gasteiger partial charge in [-0.25, -0.2) is 5.10 Å². The molecule has 0 aliphatic carbocycles. The maximum atomic E-state index is 12.6. The van der Waals surface area contributed by atoms with Crippen molar-refractivity contribution in [2.24, 2.45) is 0 Å². The number of hydrogen-bond acceptors (Lipinski definition) is 7. The molecule has 0 fully saturated rings. The van der Waals surface area contributed by atoms with Crippen LogP contribution in [0.15, 0.2) is 46.1 Å². The first-order valence-corrected chi connectivity index (χ1v) is 7.63. The number of aromatic nitrogens is 4. The summed E-state index contributed by atoms with van der Waals surface area (Å²) >= 11 is 1.19. The third-order valence-corrected chi connectivity index (χ3v) is 4.04. The van der Waals surface area contributed by atoms with Gasteiger partial charge in [-0.05, 0) is 12.5 Å². The van der Waals surface area contributed by atoms with Crippen LogP contribution in [0.3, 0.4) is 0 Å². The van der Waals surface area contributed by atoms with Gasteiger partial charge in [0.1, 0.15) is 11.0 Å². The van der Waals surface area contributed by atoms with Crippen LogP contribution in [-0.4, -0.2) is 26.2 Å². The Hall–Kier alpha value is -2.81. The van der Waals surface area contributed by atoms with E-state index in [4.69, 9.17) is 10.3 Å². The number of amides is 1. The number of nitrogens with two attached hydrogens (primary N) is 1. The largest absolute Gasteiger partial charge is 0.368 e. The zero-order chi connectivity index (χ0) is 16.2. The van der Waals surface area contributed by atoms with E-state index in [1.807, 2.05) is 30.3 Å². The topological polar surface area (TPSA) is 123 Å². The van der Waals surface area contributed by atoms with E-state index in [2.05, 4.69) is 25.7 Å². The molecule has 8 nitrogen and oxygen atoms in total. The van der Waals surface area contributed by atoms with Gasteiger partial charge < -0.3 is 15.6 Å². The number of benzene rings is 1. The Morgan fingerprint density at radius 1 is 1.39 bits per heavy atom. The van der Waals surface area contributed by atoms with Crippen LogP contribution in [0.5, 0.6) is 0 Å². The van der Waals surface area contributed by atoms with Crippen LogP contribution in [-0.2, 0) is 4.79 Å². The second-order valence-electron chi connectivity index (χ2n) is 4.72. The Labute approximate surface area is 135 Å². The van der Waals surface area contributed by atoms with E-state index >= 15 is 0 Å². The Balaban J connectivity index is 1.83. The standard InChI is InChI=1S/C14H14N6O2S/c1-8-7-10(20-22-8)16-12(21)11(9-5-3-2-4-6-9)23-14-17-13(15)18-19-14/h2-7,11H,1H3,(H,16,20,21)(H3,15,17,18,19)/t11-/m1/s1. The van der Waals surface area contributed by atoms with Gasteiger partial charge in [0.05, 0.1) is 0 Å². The van der Waals surface area contributed by atoms with Crippen molar-refractivity contribution in [3.63, 3.8) is 0 Å². The molecule has 3 aromatic rings. The Kier molecular flexibility index (Phi) is 4.29. The van der Waals surface area contributed by atoms with Crippen molar-refractivity contribution in [1.29, 1.82) is 0 Å². The number of aromatic amines is 1. The fourth-order valence-corrected chi connectivity index (χ4v) is 2.85. The first kappa shape index (κ1) is 15.1. The van der Waals surface area contributed by atoms with E-state index < -0.39 is 5.25 Å². The van der Waals surface area contributed by atoms with Gasteiger partial charge in [-0.3, -0.25) is 4.79 Å². The van der Waals surface area contributed by atoms with Gasteiger partial charge in [-0.15, -0.1) is 5.10 Å². The van der Waals surface area contributed by atoms with Gasteiger partial charge in [0, 0.05) is 6.07 Å². The summed E-state index contributed by atoms with van der Waals surface area (Å²) in [5, 5.41) is 12.9. The van der Waals surface area contributed by atoms with E-state index in [9.17, 15) is 4.79 Å². The molecule has 0 bridgehead atoms. The monoisotopic (exact) mass is 330 g/mol. The van der Waals surface area contributed by atoms with Crippen molar-refractivity contribution in [3.8, 4) is 0 Å². The fraction of sp³-hybridized carbons (Fsp3) is 0.143. The number of nitrogens with one attached hydrogen (secondary N) is 2. The molecule has 3 rings (SSSR count). The van der Waals surface area contributed by atoms with Crippen LogP contribution in [0.1, 0.15) is 16.6 Å². The Bertz CT molecular complexity index is 800. The van der Waals surface area contributed by atoms with Gasteiger partial charge in [-0.1, -0.05) is 47.3 Å². The molecular weight excluding hydrogens is 316 g/mol. The summed E-state index contributed by atoms with van der Waals surface area (Å²) in [7, 11) is 0. The van der Waals surface area contributed by atoms with E-state index in [1.165, 1.54) is 11.8 Å². The van der Waals surface area contributed by atoms with Crippen molar-refractivity contribution in [1.82, 2.24) is 20.3 Å². The molecule has 0 saturated carbocycles. The molecule has 0 aliphatic heterocycles. The average Bonchev–Trinajstić information content (AvgIpc) is 3.14. The lowest BCUT2D eigenvalue weighted by molar-refractivity contribution is -0.115. The lowest BCUT2D eigenvalue weighted by atomic mass is 10.1. The first-order valence-electron chi connectivity index (χ1n) is 6.75. The van der Waals surface area contributed by atoms with Crippen LogP contribution in [0.25, 0.3) is 0 Å². The Morgan fingerprint density at radius 3 is 2.78 bits per heavy atom. The number of anilines is 2. The van der Waals surface area contributed by atoms with E-state index in [0.29, 0.717) is 16.7 Å². The maximum absolute atomic E-state index is 12.6. The van der Waals surface area contributed by atoms with E-state index in [-0.39, 0.29) is 11.9 Å². The third kappa shape index (κ3) is 3.69. The normalized spacial score (nSPS) is 12.0. The fourth-order valence-electron chi connectivity index (χ4n) is 1.93. The highest BCUT2D eigenvalue weighted by Crippen LogP contribution is 2.34. The molecule has 1 aromatic carbocycles. The van der Waals surface area contributed by atoms with Crippen LogP contribution in [0, 0.1) is 6.92 Å². The smallest absolute Gasteiger partial charge is 0.243 e. The van der Waals surface area contributed by atoms with Gasteiger partial charge in [0.25, 0.3) is 0 Å². The maximum Gasteiger partial charge on any atom is 0.243 e. The average molecular weight is 330 g/mol. The van der Waals surface area contributed by atoms with Crippen LogP contribution < -0.4 is 11.1 Å². The number of thioether (sulfide) groups is 1. The number of carbonyl (C=O) groups excluding carboxylic acids is 1. The molecular formula is C14H14N6O2S. The van der Waals surface area contributed by atoms with Gasteiger partial charge >= 0.3 is 0 Å². The molecule has 4 N–H and O–H groups in total. The van der Waals surface area contributed by atoms with Crippen LogP contribution >= 0.6 is 11.8 Å². The Morgan fingerprint density at radius 2 is 2.17 bits per heavy atom. The SMILES string of the molecule is Cc1cc(NC(=O)[C@H](Sc2n[nH]c(N)n2)c2ccccc2)no1. The van der Waals surface area contributed by atoms with Gasteiger partial charge in [0.2, 0.25) is 17.0 Å². The van der Waals surface area contributed by atoms with Gasteiger partial charge in [0.15, 0.2) is 5.82 Å². The molecule has 0 spiro atoms. The predicted octanol–water partition coefficient (Wildman–Crippen LogP) is 2.16. The highest BCUT2D eigenvalue weighted by atomic mass is 32.2. The molecule has 2 heterocycles. The molecule has 0 radical (unpaired) electrons. The van der Waals surface area contributed by atoms with Crippen molar-refractivity contribution in [3.05, 3.63) is 47.7 Å².